The van der Waals surface area contributed by atoms with Gasteiger partial charge in [-0.3, -0.25) is 23.2 Å². The number of nitrogens with two attached hydrogens (primary N) is 1. The van der Waals surface area contributed by atoms with Gasteiger partial charge in [-0.25, -0.2) is 4.57 Å². The standard InChI is InChI=1S/C44H87N2O8P/c1-5-9-12-15-17-19-20-22-23-26-29-32-43(47)46-41(40-53-55(49,51-36-8-4)52-38-35-45)39-50-37-34-42(31-28-25-14-11-7-3)54-44(48)33-30-27-24-21-18-16-13-10-6-2/h8,41-42H,4-7,9-40,45H2,1-3H3,(H,46,47)/t41-,42-,55?/m0/s1. The smallest absolute Gasteiger partial charge is 0.462 e. The maximum atomic E-state index is 13.2. The summed E-state index contributed by atoms with van der Waals surface area (Å²) in [4.78, 5) is 25.8. The summed E-state index contributed by atoms with van der Waals surface area (Å²) in [5.41, 5.74) is 5.56. The number of carbonyl (C=O) groups is 2. The van der Waals surface area contributed by atoms with Gasteiger partial charge in [0.05, 0.1) is 39.1 Å². The van der Waals surface area contributed by atoms with E-state index in [-0.39, 0.29) is 51.0 Å². The van der Waals surface area contributed by atoms with E-state index in [1.807, 2.05) is 0 Å². The summed E-state index contributed by atoms with van der Waals surface area (Å²) in [5.74, 6) is -0.233. The third kappa shape index (κ3) is 36.8. The Hall–Kier alpha value is -1.29. The van der Waals surface area contributed by atoms with Crippen molar-refractivity contribution in [1.82, 2.24) is 5.32 Å². The fourth-order valence-corrected chi connectivity index (χ4v) is 7.69. The van der Waals surface area contributed by atoms with Crippen molar-refractivity contribution in [1.29, 1.82) is 0 Å². The summed E-state index contributed by atoms with van der Waals surface area (Å²) < 4.78 is 41.6. The molecule has 0 aromatic carbocycles. The van der Waals surface area contributed by atoms with Crippen molar-refractivity contribution < 1.29 is 37.2 Å². The Balaban J connectivity index is 5.01. The third-order valence-electron chi connectivity index (χ3n) is 9.84. The van der Waals surface area contributed by atoms with E-state index in [0.29, 0.717) is 25.9 Å². The first-order valence-electron chi connectivity index (χ1n) is 22.7. The number of ether oxygens (including phenoxy) is 2. The van der Waals surface area contributed by atoms with Crippen LogP contribution in [-0.4, -0.2) is 63.6 Å². The monoisotopic (exact) mass is 803 g/mol. The number of esters is 1. The fraction of sp³-hybridized carbons (Fsp3) is 0.909. The fourth-order valence-electron chi connectivity index (χ4n) is 6.49. The summed E-state index contributed by atoms with van der Waals surface area (Å²) in [6.07, 6.45) is 33.3. The summed E-state index contributed by atoms with van der Waals surface area (Å²) in [5, 5.41) is 3.01. The quantitative estimate of drug-likeness (QED) is 0.0267. The zero-order chi connectivity index (χ0) is 40.5. The second-order valence-corrected chi connectivity index (χ2v) is 16.9. The molecular weight excluding hydrogens is 715 g/mol. The van der Waals surface area contributed by atoms with Gasteiger partial charge in [0.25, 0.3) is 0 Å². The van der Waals surface area contributed by atoms with Crippen LogP contribution < -0.4 is 11.1 Å². The largest absolute Gasteiger partial charge is 0.475 e. The minimum atomic E-state index is -3.93. The first kappa shape index (κ1) is 53.7. The first-order chi connectivity index (χ1) is 26.8. The topological polar surface area (TPSA) is 135 Å². The van der Waals surface area contributed by atoms with E-state index in [1.165, 1.54) is 122 Å². The van der Waals surface area contributed by atoms with Crippen LogP contribution in [0.5, 0.6) is 0 Å². The van der Waals surface area contributed by atoms with E-state index in [0.717, 1.165) is 51.4 Å². The van der Waals surface area contributed by atoms with Crippen LogP contribution in [0.2, 0.25) is 0 Å². The number of hydrogen-bond donors (Lipinski definition) is 2. The molecule has 11 heteroatoms. The van der Waals surface area contributed by atoms with Gasteiger partial charge in [-0.05, 0) is 25.7 Å². The lowest BCUT2D eigenvalue weighted by Gasteiger charge is -2.23. The lowest BCUT2D eigenvalue weighted by Crippen LogP contribution is -2.41. The summed E-state index contributed by atoms with van der Waals surface area (Å²) in [7, 11) is -3.93. The van der Waals surface area contributed by atoms with Crippen LogP contribution in [0, 0.1) is 0 Å². The zero-order valence-corrected chi connectivity index (χ0v) is 36.9. The minimum Gasteiger partial charge on any atom is -0.462 e. The Morgan fingerprint density at radius 2 is 1.11 bits per heavy atom. The normalized spacial score (nSPS) is 13.7. The van der Waals surface area contributed by atoms with Gasteiger partial charge in [0.15, 0.2) is 0 Å². The highest BCUT2D eigenvalue weighted by atomic mass is 31.2. The van der Waals surface area contributed by atoms with Crippen LogP contribution in [0.15, 0.2) is 12.7 Å². The average Bonchev–Trinajstić information content (AvgIpc) is 3.18. The molecule has 0 fully saturated rings. The molecule has 0 spiro atoms. The summed E-state index contributed by atoms with van der Waals surface area (Å²) in [6.45, 7) is 10.8. The number of amides is 1. The third-order valence-corrected chi connectivity index (χ3v) is 11.3. The molecule has 0 saturated heterocycles. The van der Waals surface area contributed by atoms with E-state index < -0.39 is 13.9 Å². The lowest BCUT2D eigenvalue weighted by atomic mass is 10.1. The van der Waals surface area contributed by atoms with Crippen molar-refractivity contribution in [3.63, 3.8) is 0 Å². The molecule has 1 amide bonds. The van der Waals surface area contributed by atoms with Crippen LogP contribution in [0.4, 0.5) is 0 Å². The van der Waals surface area contributed by atoms with Crippen LogP contribution >= 0.6 is 7.82 Å². The molecule has 55 heavy (non-hydrogen) atoms. The maximum Gasteiger partial charge on any atom is 0.475 e. The van der Waals surface area contributed by atoms with Crippen molar-refractivity contribution in [2.75, 3.05) is 39.6 Å². The highest BCUT2D eigenvalue weighted by Crippen LogP contribution is 2.49. The molecule has 0 aliphatic carbocycles. The summed E-state index contributed by atoms with van der Waals surface area (Å²) in [6, 6.07) is -0.580. The molecule has 10 nitrogen and oxygen atoms in total. The van der Waals surface area contributed by atoms with Gasteiger partial charge in [0.1, 0.15) is 6.10 Å². The van der Waals surface area contributed by atoms with Crippen LogP contribution in [-0.2, 0) is 37.2 Å². The molecule has 0 aromatic rings. The second kappa shape index (κ2) is 40.9. The molecule has 0 heterocycles. The van der Waals surface area contributed by atoms with Gasteiger partial charge in [-0.2, -0.15) is 0 Å². The van der Waals surface area contributed by atoms with Gasteiger partial charge in [-0.1, -0.05) is 168 Å². The zero-order valence-electron chi connectivity index (χ0n) is 36.0. The number of phosphoric acid groups is 1. The van der Waals surface area contributed by atoms with E-state index in [1.54, 1.807) is 0 Å². The van der Waals surface area contributed by atoms with Crippen molar-refractivity contribution >= 4 is 19.7 Å². The molecule has 3 atom stereocenters. The van der Waals surface area contributed by atoms with Gasteiger partial charge < -0.3 is 20.5 Å². The van der Waals surface area contributed by atoms with E-state index in [2.05, 4.69) is 32.7 Å². The number of nitrogens with one attached hydrogen (secondary N) is 1. The Bertz CT molecular complexity index is 924. The van der Waals surface area contributed by atoms with Crippen LogP contribution in [0.1, 0.15) is 207 Å². The van der Waals surface area contributed by atoms with E-state index in [4.69, 9.17) is 28.8 Å². The van der Waals surface area contributed by atoms with Gasteiger partial charge in [0, 0.05) is 25.8 Å². The molecule has 0 aliphatic heterocycles. The highest BCUT2D eigenvalue weighted by molar-refractivity contribution is 7.48. The Kier molecular flexibility index (Phi) is 39.9. The van der Waals surface area contributed by atoms with Gasteiger partial charge >= 0.3 is 13.8 Å². The maximum absolute atomic E-state index is 13.2. The molecule has 0 bridgehead atoms. The summed E-state index contributed by atoms with van der Waals surface area (Å²) >= 11 is 0. The lowest BCUT2D eigenvalue weighted by molar-refractivity contribution is -0.150. The number of rotatable bonds is 44. The molecule has 3 N–H and O–H groups in total. The Morgan fingerprint density at radius 3 is 1.62 bits per heavy atom. The molecule has 1 unspecified atom stereocenters. The Labute approximate surface area is 338 Å². The highest BCUT2D eigenvalue weighted by Gasteiger charge is 2.28. The van der Waals surface area contributed by atoms with Crippen LogP contribution in [0.3, 0.4) is 0 Å². The molecule has 0 aromatic heterocycles. The molecule has 0 rings (SSSR count). The van der Waals surface area contributed by atoms with Crippen molar-refractivity contribution in [3.05, 3.63) is 12.7 Å². The van der Waals surface area contributed by atoms with Crippen molar-refractivity contribution in [2.24, 2.45) is 5.73 Å². The van der Waals surface area contributed by atoms with Gasteiger partial charge in [0.2, 0.25) is 5.91 Å². The molecular formula is C44H87N2O8P. The predicted molar refractivity (Wildman–Crippen MR) is 228 cm³/mol. The van der Waals surface area contributed by atoms with Gasteiger partial charge in [-0.15, -0.1) is 6.58 Å². The van der Waals surface area contributed by atoms with E-state index >= 15 is 0 Å². The Morgan fingerprint density at radius 1 is 0.618 bits per heavy atom. The minimum absolute atomic E-state index is 0.00151. The molecule has 0 radical (unpaired) electrons. The SMILES string of the molecule is C=CCOP(=O)(OCCN)OC[C@H](COCC[C@H](CCCCCCC)OC(=O)CCCCCCCCCCC)NC(=O)CCCCCCCCCCCCC. The average molecular weight is 803 g/mol. The number of hydrogen-bond acceptors (Lipinski definition) is 9. The van der Waals surface area contributed by atoms with Crippen molar-refractivity contribution in [2.45, 2.75) is 219 Å². The predicted octanol–water partition coefficient (Wildman–Crippen LogP) is 12.1. The molecule has 0 aliphatic rings. The number of carbonyl (C=O) groups excluding carboxylic acids is 2. The second-order valence-electron chi connectivity index (χ2n) is 15.3. The van der Waals surface area contributed by atoms with E-state index in [9.17, 15) is 14.2 Å². The molecule has 0 saturated carbocycles. The number of unbranched alkanes of at least 4 members (excludes halogenated alkanes) is 22. The number of phosphoric ester groups is 1. The first-order valence-corrected chi connectivity index (χ1v) is 24.2. The van der Waals surface area contributed by atoms with Crippen molar-refractivity contribution in [3.8, 4) is 0 Å². The molecule has 326 valence electrons. The van der Waals surface area contributed by atoms with Crippen LogP contribution in [0.25, 0.3) is 0 Å².